The van der Waals surface area contributed by atoms with Gasteiger partial charge >= 0.3 is 0 Å². The summed E-state index contributed by atoms with van der Waals surface area (Å²) in [6.45, 7) is 1.18. The van der Waals surface area contributed by atoms with Gasteiger partial charge in [0.05, 0.1) is 6.54 Å². The summed E-state index contributed by atoms with van der Waals surface area (Å²) in [7, 11) is 0. The molecule has 2 unspecified atom stereocenters. The predicted octanol–water partition coefficient (Wildman–Crippen LogP) is 3.49. The average Bonchev–Trinajstić information content (AvgIpc) is 3.30. The Morgan fingerprint density at radius 1 is 1.12 bits per heavy atom. The van der Waals surface area contributed by atoms with E-state index in [-0.39, 0.29) is 23.6 Å². The summed E-state index contributed by atoms with van der Waals surface area (Å²) in [5.74, 6) is 0.00562. The van der Waals surface area contributed by atoms with Crippen LogP contribution in [-0.4, -0.2) is 15.7 Å². The minimum absolute atomic E-state index is 0.0151. The van der Waals surface area contributed by atoms with Crippen LogP contribution in [0, 0.1) is 11.7 Å². The van der Waals surface area contributed by atoms with Crippen molar-refractivity contribution in [2.75, 3.05) is 0 Å². The zero-order chi connectivity index (χ0) is 17.9. The molecule has 3 aromatic rings. The van der Waals surface area contributed by atoms with Crippen molar-refractivity contribution in [1.82, 2.24) is 15.1 Å². The summed E-state index contributed by atoms with van der Waals surface area (Å²) in [6, 6.07) is 16.4. The van der Waals surface area contributed by atoms with E-state index in [0.717, 1.165) is 23.1 Å². The van der Waals surface area contributed by atoms with Gasteiger partial charge in [-0.3, -0.25) is 9.48 Å². The van der Waals surface area contributed by atoms with Crippen LogP contribution in [0.4, 0.5) is 4.39 Å². The third-order valence-electron chi connectivity index (χ3n) is 4.89. The Balaban J connectivity index is 1.36. The van der Waals surface area contributed by atoms with Gasteiger partial charge in [0.15, 0.2) is 0 Å². The Bertz CT molecular complexity index is 890. The molecule has 132 valence electrons. The maximum atomic E-state index is 13.0. The Morgan fingerprint density at radius 3 is 2.62 bits per heavy atom. The van der Waals surface area contributed by atoms with Crippen molar-refractivity contribution in [3.05, 3.63) is 89.5 Å². The monoisotopic (exact) mass is 349 g/mol. The minimum Gasteiger partial charge on any atom is -0.352 e. The molecule has 2 aromatic carbocycles. The van der Waals surface area contributed by atoms with E-state index < -0.39 is 0 Å². The molecule has 1 saturated carbocycles. The molecule has 2 atom stereocenters. The van der Waals surface area contributed by atoms with Crippen LogP contribution in [0.15, 0.2) is 67.0 Å². The van der Waals surface area contributed by atoms with Crippen molar-refractivity contribution in [2.45, 2.75) is 25.4 Å². The number of rotatable bonds is 6. The highest BCUT2D eigenvalue weighted by molar-refractivity contribution is 5.82. The van der Waals surface area contributed by atoms with Crippen molar-refractivity contribution in [3.8, 4) is 0 Å². The Morgan fingerprint density at radius 2 is 1.88 bits per heavy atom. The number of nitrogens with one attached hydrogen (secondary N) is 1. The molecule has 1 N–H and O–H groups in total. The normalized spacial score (nSPS) is 18.5. The van der Waals surface area contributed by atoms with Crippen LogP contribution in [0.25, 0.3) is 0 Å². The molecule has 1 heterocycles. The lowest BCUT2D eigenvalue weighted by atomic mass is 10.1. The Kier molecular flexibility index (Phi) is 4.52. The van der Waals surface area contributed by atoms with Crippen LogP contribution in [0.2, 0.25) is 0 Å². The smallest absolute Gasteiger partial charge is 0.224 e. The van der Waals surface area contributed by atoms with Crippen molar-refractivity contribution >= 4 is 5.91 Å². The first-order valence-corrected chi connectivity index (χ1v) is 8.78. The van der Waals surface area contributed by atoms with E-state index in [0.29, 0.717) is 13.1 Å². The zero-order valence-corrected chi connectivity index (χ0v) is 14.3. The molecule has 0 spiro atoms. The molecule has 1 fully saturated rings. The Labute approximate surface area is 151 Å². The van der Waals surface area contributed by atoms with Gasteiger partial charge in [-0.15, -0.1) is 0 Å². The number of carbonyl (C=O) groups excluding carboxylic acids is 1. The third kappa shape index (κ3) is 3.67. The van der Waals surface area contributed by atoms with Gasteiger partial charge in [0.1, 0.15) is 5.82 Å². The lowest BCUT2D eigenvalue weighted by Gasteiger charge is -2.11. The van der Waals surface area contributed by atoms with Crippen LogP contribution in [-0.2, 0) is 17.9 Å². The summed E-state index contributed by atoms with van der Waals surface area (Å²) in [6.07, 6.45) is 4.51. The maximum Gasteiger partial charge on any atom is 0.224 e. The predicted molar refractivity (Wildman–Crippen MR) is 96.9 cm³/mol. The number of benzene rings is 2. The first-order valence-electron chi connectivity index (χ1n) is 8.78. The van der Waals surface area contributed by atoms with Crippen LogP contribution < -0.4 is 5.32 Å². The minimum atomic E-state index is -0.246. The van der Waals surface area contributed by atoms with Crippen LogP contribution in [0.5, 0.6) is 0 Å². The van der Waals surface area contributed by atoms with Gasteiger partial charge in [-0.05, 0) is 47.2 Å². The maximum absolute atomic E-state index is 13.0. The van der Waals surface area contributed by atoms with Crippen LogP contribution in [0.1, 0.15) is 29.0 Å². The van der Waals surface area contributed by atoms with Crippen molar-refractivity contribution in [3.63, 3.8) is 0 Å². The highest BCUT2D eigenvalue weighted by Gasteiger charge is 2.43. The summed E-state index contributed by atoms with van der Waals surface area (Å²) in [4.78, 5) is 12.5. The standard InChI is InChI=1S/C21H20FN3O/c22-18-8-6-15(7-9-18)19-12-20(19)21(26)23-13-16-4-1-2-5-17(16)14-25-11-3-10-24-25/h1-11,19-20H,12-14H2,(H,23,26). The molecule has 0 saturated heterocycles. The Hall–Kier alpha value is -2.95. The summed E-state index contributed by atoms with van der Waals surface area (Å²) in [5, 5.41) is 7.29. The van der Waals surface area contributed by atoms with Crippen molar-refractivity contribution < 1.29 is 9.18 Å². The van der Waals surface area contributed by atoms with Gasteiger partial charge in [0, 0.05) is 24.9 Å². The van der Waals surface area contributed by atoms with Gasteiger partial charge in [-0.1, -0.05) is 36.4 Å². The van der Waals surface area contributed by atoms with E-state index >= 15 is 0 Å². The summed E-state index contributed by atoms with van der Waals surface area (Å²) in [5.41, 5.74) is 3.27. The second-order valence-electron chi connectivity index (χ2n) is 6.69. The van der Waals surface area contributed by atoms with E-state index in [1.165, 1.54) is 12.1 Å². The number of amides is 1. The SMILES string of the molecule is O=C(NCc1ccccc1Cn1cccn1)C1CC1c1ccc(F)cc1. The van der Waals surface area contributed by atoms with Gasteiger partial charge < -0.3 is 5.32 Å². The fourth-order valence-corrected chi connectivity index (χ4v) is 3.33. The van der Waals surface area contributed by atoms with Gasteiger partial charge in [0.25, 0.3) is 0 Å². The van der Waals surface area contributed by atoms with Crippen LogP contribution >= 0.6 is 0 Å². The molecule has 1 amide bonds. The van der Waals surface area contributed by atoms with Gasteiger partial charge in [0.2, 0.25) is 5.91 Å². The molecule has 0 aliphatic heterocycles. The second-order valence-corrected chi connectivity index (χ2v) is 6.69. The molecule has 0 bridgehead atoms. The molecule has 0 radical (unpaired) electrons. The highest BCUT2D eigenvalue weighted by Crippen LogP contribution is 2.47. The number of hydrogen-bond acceptors (Lipinski definition) is 2. The quantitative estimate of drug-likeness (QED) is 0.740. The van der Waals surface area contributed by atoms with E-state index in [1.807, 2.05) is 35.1 Å². The van der Waals surface area contributed by atoms with Gasteiger partial charge in [-0.2, -0.15) is 5.10 Å². The fraction of sp³-hybridized carbons (Fsp3) is 0.238. The topological polar surface area (TPSA) is 46.9 Å². The molecule has 4 rings (SSSR count). The lowest BCUT2D eigenvalue weighted by molar-refractivity contribution is -0.122. The average molecular weight is 349 g/mol. The molecule has 1 aromatic heterocycles. The summed E-state index contributed by atoms with van der Waals surface area (Å²) < 4.78 is 14.9. The molecule has 1 aliphatic carbocycles. The number of carbonyl (C=O) groups is 1. The zero-order valence-electron chi connectivity index (χ0n) is 14.3. The third-order valence-corrected chi connectivity index (χ3v) is 4.89. The first kappa shape index (κ1) is 16.5. The van der Waals surface area contributed by atoms with E-state index in [1.54, 1.807) is 18.3 Å². The van der Waals surface area contributed by atoms with Crippen molar-refractivity contribution in [1.29, 1.82) is 0 Å². The van der Waals surface area contributed by atoms with Crippen molar-refractivity contribution in [2.24, 2.45) is 5.92 Å². The first-order chi connectivity index (χ1) is 12.7. The largest absolute Gasteiger partial charge is 0.352 e. The summed E-state index contributed by atoms with van der Waals surface area (Å²) >= 11 is 0. The van der Waals surface area contributed by atoms with E-state index in [4.69, 9.17) is 0 Å². The van der Waals surface area contributed by atoms with Gasteiger partial charge in [-0.25, -0.2) is 4.39 Å². The number of nitrogens with zero attached hydrogens (tertiary/aromatic N) is 2. The van der Waals surface area contributed by atoms with Crippen LogP contribution in [0.3, 0.4) is 0 Å². The number of halogens is 1. The molecule has 4 nitrogen and oxygen atoms in total. The number of hydrogen-bond donors (Lipinski definition) is 1. The molecule has 5 heteroatoms. The van der Waals surface area contributed by atoms with E-state index in [2.05, 4.69) is 16.5 Å². The molecule has 1 aliphatic rings. The molecular formula is C21H20FN3O. The lowest BCUT2D eigenvalue weighted by Crippen LogP contribution is -2.25. The molecule has 26 heavy (non-hydrogen) atoms. The van der Waals surface area contributed by atoms with E-state index in [9.17, 15) is 9.18 Å². The second kappa shape index (κ2) is 7.12. The fourth-order valence-electron chi connectivity index (χ4n) is 3.33. The molecular weight excluding hydrogens is 329 g/mol. The highest BCUT2D eigenvalue weighted by atomic mass is 19.1. The number of aromatic nitrogens is 2.